The highest BCUT2D eigenvalue weighted by Gasteiger charge is 2.31. The zero-order chi connectivity index (χ0) is 35.7. The lowest BCUT2D eigenvalue weighted by atomic mass is 10.1. The number of hydrogen-bond donors (Lipinski definition) is 1. The summed E-state index contributed by atoms with van der Waals surface area (Å²) < 4.78 is 17.2. The molecule has 0 bridgehead atoms. The van der Waals surface area contributed by atoms with E-state index in [1.807, 2.05) is 21.1 Å². The maximum absolute atomic E-state index is 12.6. The van der Waals surface area contributed by atoms with E-state index in [9.17, 15) is 19.5 Å². The minimum Gasteiger partial charge on any atom is -0.477 e. The van der Waals surface area contributed by atoms with Gasteiger partial charge in [-0.15, -0.1) is 0 Å². The van der Waals surface area contributed by atoms with E-state index in [0.717, 1.165) is 70.6 Å². The number of quaternary nitrogens is 1. The number of carbonyl (C=O) groups excluding carboxylic acids is 2. The van der Waals surface area contributed by atoms with Crippen LogP contribution in [-0.4, -0.2) is 80.6 Å². The Balaban J connectivity index is 4.47. The maximum atomic E-state index is 12.6. The number of aliphatic carboxylic acids is 1. The third kappa shape index (κ3) is 29.7. The molecule has 0 aliphatic heterocycles. The van der Waals surface area contributed by atoms with Gasteiger partial charge in [-0.25, -0.2) is 4.79 Å². The van der Waals surface area contributed by atoms with E-state index in [2.05, 4.69) is 50.3 Å². The van der Waals surface area contributed by atoms with Gasteiger partial charge in [-0.1, -0.05) is 121 Å². The summed E-state index contributed by atoms with van der Waals surface area (Å²) in [5, 5.41) is 9.57. The Morgan fingerprint density at radius 3 is 1.73 bits per heavy atom. The first-order chi connectivity index (χ1) is 23.1. The van der Waals surface area contributed by atoms with Crippen molar-refractivity contribution in [1.29, 1.82) is 0 Å². The Morgan fingerprint density at radius 2 is 1.17 bits per heavy atom. The third-order valence-electron chi connectivity index (χ3n) is 8.30. The summed E-state index contributed by atoms with van der Waals surface area (Å²) in [7, 11) is 5.50. The van der Waals surface area contributed by atoms with E-state index in [-0.39, 0.29) is 36.2 Å². The van der Waals surface area contributed by atoms with Crippen molar-refractivity contribution in [3.8, 4) is 0 Å². The van der Waals surface area contributed by atoms with Crippen LogP contribution in [0.15, 0.2) is 36.5 Å². The van der Waals surface area contributed by atoms with E-state index in [1.165, 1.54) is 44.9 Å². The zero-order valence-corrected chi connectivity index (χ0v) is 31.4. The second-order valence-electron chi connectivity index (χ2n) is 13.8. The number of esters is 2. The fourth-order valence-electron chi connectivity index (χ4n) is 5.34. The highest BCUT2D eigenvalue weighted by molar-refractivity contribution is 5.72. The van der Waals surface area contributed by atoms with Crippen molar-refractivity contribution in [3.05, 3.63) is 36.5 Å². The normalized spacial score (nSPS) is 13.4. The van der Waals surface area contributed by atoms with E-state index in [4.69, 9.17) is 14.2 Å². The Morgan fingerprint density at radius 1 is 0.646 bits per heavy atom. The zero-order valence-electron chi connectivity index (χ0n) is 31.4. The third-order valence-corrected chi connectivity index (χ3v) is 8.30. The van der Waals surface area contributed by atoms with E-state index in [1.54, 1.807) is 0 Å². The van der Waals surface area contributed by atoms with Gasteiger partial charge in [0, 0.05) is 19.3 Å². The van der Waals surface area contributed by atoms with Crippen LogP contribution in [0.3, 0.4) is 0 Å². The number of allylic oxidation sites excluding steroid dienone is 6. The minimum atomic E-state index is -0.880. The average Bonchev–Trinajstić information content (AvgIpc) is 3.03. The van der Waals surface area contributed by atoms with Crippen LogP contribution in [0.25, 0.3) is 0 Å². The van der Waals surface area contributed by atoms with Crippen molar-refractivity contribution < 1.29 is 38.2 Å². The Bertz CT molecular complexity index is 891. The first-order valence-electron chi connectivity index (χ1n) is 19.0. The van der Waals surface area contributed by atoms with Crippen LogP contribution in [0, 0.1) is 0 Å². The number of carboxylic acids is 1. The molecule has 2 unspecified atom stereocenters. The maximum Gasteiger partial charge on any atom is 0.362 e. The van der Waals surface area contributed by atoms with Crippen LogP contribution in [0.5, 0.6) is 0 Å². The topological polar surface area (TPSA) is 99.1 Å². The predicted molar refractivity (Wildman–Crippen MR) is 197 cm³/mol. The van der Waals surface area contributed by atoms with Gasteiger partial charge in [0.1, 0.15) is 6.61 Å². The van der Waals surface area contributed by atoms with Crippen molar-refractivity contribution in [2.75, 3.05) is 41.0 Å². The SMILES string of the molecule is CC/C=C/C/C=C/C/C=C/CCCCCCC(=O)OC(COCCC(C(=O)O)[N+](C)(C)C)COC(=O)CCCCCCCCCCCC. The molecule has 1 N–H and O–H groups in total. The van der Waals surface area contributed by atoms with Gasteiger partial charge < -0.3 is 23.8 Å². The van der Waals surface area contributed by atoms with Gasteiger partial charge in [0.05, 0.1) is 34.4 Å². The molecule has 0 spiro atoms. The number of carbonyl (C=O) groups is 3. The monoisotopic (exact) mass is 679 g/mol. The fraction of sp³-hybridized carbons (Fsp3) is 0.775. The summed E-state index contributed by atoms with van der Waals surface area (Å²) in [6, 6.07) is -0.616. The summed E-state index contributed by atoms with van der Waals surface area (Å²) in [5.74, 6) is -1.50. The Labute approximate surface area is 293 Å². The molecule has 0 rings (SSSR count). The van der Waals surface area contributed by atoms with Crippen molar-refractivity contribution in [2.24, 2.45) is 0 Å². The van der Waals surface area contributed by atoms with Gasteiger partial charge in [-0.2, -0.15) is 0 Å². The van der Waals surface area contributed by atoms with Crippen molar-refractivity contribution >= 4 is 17.9 Å². The van der Waals surface area contributed by atoms with Crippen LogP contribution in [0.4, 0.5) is 0 Å². The molecule has 0 fully saturated rings. The first kappa shape index (κ1) is 45.6. The lowest BCUT2D eigenvalue weighted by molar-refractivity contribution is -0.887. The molecule has 48 heavy (non-hydrogen) atoms. The van der Waals surface area contributed by atoms with Crippen LogP contribution in [0.2, 0.25) is 0 Å². The number of nitrogens with zero attached hydrogens (tertiary/aromatic N) is 1. The van der Waals surface area contributed by atoms with Gasteiger partial charge in [0.2, 0.25) is 0 Å². The van der Waals surface area contributed by atoms with E-state index < -0.39 is 18.1 Å². The Hall–Kier alpha value is -2.45. The summed E-state index contributed by atoms with van der Waals surface area (Å²) in [6.45, 7) is 4.57. The molecular weight excluding hydrogens is 606 g/mol. The fourth-order valence-corrected chi connectivity index (χ4v) is 5.34. The number of likely N-dealkylation sites (N-methyl/N-ethyl adjacent to an activating group) is 1. The molecule has 0 aliphatic carbocycles. The molecule has 0 saturated heterocycles. The smallest absolute Gasteiger partial charge is 0.362 e. The average molecular weight is 679 g/mol. The molecule has 8 nitrogen and oxygen atoms in total. The largest absolute Gasteiger partial charge is 0.477 e. The van der Waals surface area contributed by atoms with Gasteiger partial charge in [0.15, 0.2) is 12.1 Å². The lowest BCUT2D eigenvalue weighted by Crippen LogP contribution is -2.50. The molecule has 0 saturated carbocycles. The molecule has 0 aromatic heterocycles. The number of rotatable bonds is 33. The molecule has 0 radical (unpaired) electrons. The number of unbranched alkanes of at least 4 members (excludes halogenated alkanes) is 13. The molecule has 0 heterocycles. The summed E-state index contributed by atoms with van der Waals surface area (Å²) >= 11 is 0. The van der Waals surface area contributed by atoms with Gasteiger partial charge in [-0.3, -0.25) is 9.59 Å². The quantitative estimate of drug-likeness (QED) is 0.0319. The minimum absolute atomic E-state index is 0.0533. The predicted octanol–water partition coefficient (Wildman–Crippen LogP) is 9.52. The first-order valence-corrected chi connectivity index (χ1v) is 19.0. The highest BCUT2D eigenvalue weighted by atomic mass is 16.6. The molecular formula is C40H72NO7+. The van der Waals surface area contributed by atoms with Crippen LogP contribution >= 0.6 is 0 Å². The van der Waals surface area contributed by atoms with Gasteiger partial charge in [0.25, 0.3) is 0 Å². The second kappa shape index (κ2) is 31.8. The molecule has 8 heteroatoms. The van der Waals surface area contributed by atoms with E-state index in [0.29, 0.717) is 19.3 Å². The highest BCUT2D eigenvalue weighted by Crippen LogP contribution is 2.13. The van der Waals surface area contributed by atoms with Crippen molar-refractivity contribution in [2.45, 2.75) is 161 Å². The molecule has 0 aliphatic rings. The van der Waals surface area contributed by atoms with Gasteiger partial charge in [-0.05, 0) is 44.9 Å². The van der Waals surface area contributed by atoms with Gasteiger partial charge >= 0.3 is 17.9 Å². The number of hydrogen-bond acceptors (Lipinski definition) is 6. The molecule has 0 amide bonds. The molecule has 278 valence electrons. The molecule has 0 aromatic carbocycles. The standard InChI is InChI=1S/C40H71NO7/c1-6-8-10-12-14-16-18-19-20-21-23-25-27-29-31-39(43)48-36(34-46-33-32-37(40(44)45)41(3,4)5)35-47-38(42)30-28-26-24-22-17-15-13-11-9-7-2/h8,10,14,16,19-20,36-37H,6-7,9,11-13,15,17-18,21-35H2,1-5H3/p+1/b10-8+,16-14+,20-19+. The lowest BCUT2D eigenvalue weighted by Gasteiger charge is -2.31. The van der Waals surface area contributed by atoms with E-state index >= 15 is 0 Å². The number of ether oxygens (including phenoxy) is 3. The van der Waals surface area contributed by atoms with Crippen LogP contribution < -0.4 is 0 Å². The summed E-state index contributed by atoms with van der Waals surface area (Å²) in [6.07, 6.45) is 33.3. The van der Waals surface area contributed by atoms with Crippen LogP contribution in [-0.2, 0) is 28.6 Å². The summed E-state index contributed by atoms with van der Waals surface area (Å²) in [5.41, 5.74) is 0. The van der Waals surface area contributed by atoms with Crippen LogP contribution in [0.1, 0.15) is 149 Å². The Kier molecular flexibility index (Phi) is 30.2. The number of carboxylic acid groups (broad SMARTS) is 1. The van der Waals surface area contributed by atoms with Crippen molar-refractivity contribution in [3.63, 3.8) is 0 Å². The van der Waals surface area contributed by atoms with Crippen molar-refractivity contribution in [1.82, 2.24) is 0 Å². The summed E-state index contributed by atoms with van der Waals surface area (Å²) in [4.78, 5) is 36.7. The molecule has 0 aromatic rings. The second-order valence-corrected chi connectivity index (χ2v) is 13.8. The molecule has 2 atom stereocenters.